The summed E-state index contributed by atoms with van der Waals surface area (Å²) in [5.74, 6) is 0. The van der Waals surface area contributed by atoms with Crippen molar-refractivity contribution in [3.8, 4) is 0 Å². The van der Waals surface area contributed by atoms with Gasteiger partial charge in [-0.25, -0.2) is 0 Å². The van der Waals surface area contributed by atoms with Gasteiger partial charge >= 0.3 is 12.4 Å². The molecule has 0 amide bonds. The van der Waals surface area contributed by atoms with Crippen molar-refractivity contribution in [2.24, 2.45) is 0 Å². The monoisotopic (exact) mass is 311 g/mol. The molecule has 2 nitrogen and oxygen atoms in total. The van der Waals surface area contributed by atoms with E-state index in [4.69, 9.17) is 5.11 Å². The molecule has 0 bridgehead atoms. The zero-order valence-corrected chi connectivity index (χ0v) is 10.3. The minimum absolute atomic E-state index is 0. The molecule has 0 saturated carbocycles. The minimum atomic E-state index is -5.76. The van der Waals surface area contributed by atoms with Crippen molar-refractivity contribution in [1.29, 1.82) is 0 Å². The molecule has 0 aromatic heterocycles. The molecule has 0 aromatic rings. The van der Waals surface area contributed by atoms with Gasteiger partial charge in [0.2, 0.25) is 0 Å². The molecule has 0 aliphatic rings. The minimum Gasteiger partial charge on any atom is -0.373 e. The van der Waals surface area contributed by atoms with E-state index in [0.29, 0.717) is 0 Å². The van der Waals surface area contributed by atoms with Crippen molar-refractivity contribution < 1.29 is 47.9 Å². The van der Waals surface area contributed by atoms with Crippen molar-refractivity contribution in [3.63, 3.8) is 0 Å². The van der Waals surface area contributed by atoms with Gasteiger partial charge in [0.05, 0.1) is 0 Å². The Balaban J connectivity index is 0. The van der Waals surface area contributed by atoms with Gasteiger partial charge in [-0.1, -0.05) is 0 Å². The molecule has 108 valence electrons. The van der Waals surface area contributed by atoms with Crippen LogP contribution in [0.3, 0.4) is 0 Å². The molecule has 0 spiro atoms. The molecule has 0 radical (unpaired) electrons. The topological polar surface area (TPSA) is 23.5 Å². The van der Waals surface area contributed by atoms with Crippen molar-refractivity contribution in [2.75, 3.05) is 13.6 Å². The fourth-order valence-electron chi connectivity index (χ4n) is 0.884. The largest absolute Gasteiger partial charge is 0.427 e. The summed E-state index contributed by atoms with van der Waals surface area (Å²) in [6.07, 6.45) is -11.5. The Bertz CT molecular complexity index is 225. The van der Waals surface area contributed by atoms with E-state index in [0.717, 1.165) is 11.9 Å². The third-order valence-electron chi connectivity index (χ3n) is 2.30. The molecule has 0 unspecified atom stereocenters. The van der Waals surface area contributed by atoms with Crippen LogP contribution in [0.5, 0.6) is 0 Å². The quantitative estimate of drug-likeness (QED) is 0.638. The molecule has 9 heteroatoms. The van der Waals surface area contributed by atoms with Crippen molar-refractivity contribution >= 4 is 0 Å². The van der Waals surface area contributed by atoms with Crippen molar-refractivity contribution in [2.45, 2.75) is 37.8 Å². The summed E-state index contributed by atoms with van der Waals surface area (Å²) in [6.45, 7) is 1.30. The number of halogens is 6. The zero-order valence-electron chi connectivity index (χ0n) is 9.26. The number of alkyl halides is 6. The average Bonchev–Trinajstić information content (AvgIpc) is 1.99. The van der Waals surface area contributed by atoms with Crippen LogP contribution in [0.4, 0.5) is 26.3 Å². The fourth-order valence-corrected chi connectivity index (χ4v) is 0.884. The van der Waals surface area contributed by atoms with Crippen LogP contribution < -0.4 is 0 Å². The average molecular weight is 312 g/mol. The summed E-state index contributed by atoms with van der Waals surface area (Å²) in [4.78, 5) is 0.779. The first-order valence-electron chi connectivity index (χ1n) is 4.39. The molecule has 0 aromatic carbocycles. The maximum Gasteiger partial charge on any atom is 0.427 e. The Morgan fingerprint density at radius 1 is 1.00 bits per heavy atom. The summed E-state index contributed by atoms with van der Waals surface area (Å²) in [7, 11) is 1.08. The fraction of sp³-hybridized carbons (Fsp3) is 1.00. The smallest absolute Gasteiger partial charge is 0.373 e. The number of nitrogens with zero attached hydrogens (tertiary/aromatic N) is 1. The van der Waals surface area contributed by atoms with E-state index in [1.54, 1.807) is 0 Å². The molecular formula is C8H13F6NNiO. The van der Waals surface area contributed by atoms with Crippen LogP contribution in [0.2, 0.25) is 0 Å². The van der Waals surface area contributed by atoms with Crippen LogP contribution in [0.25, 0.3) is 0 Å². The standard InChI is InChI=1S/C8H13F6NO.Ni/c1-5(2)15(3)4-6(16,7(9,10)11)8(12,13)14;/h5,16H,4H2,1-3H3;. The maximum atomic E-state index is 12.2. The second-order valence-electron chi connectivity index (χ2n) is 3.86. The Labute approximate surface area is 105 Å². The maximum absolute atomic E-state index is 12.2. The van der Waals surface area contributed by atoms with Crippen LogP contribution in [0.1, 0.15) is 13.8 Å². The first-order chi connectivity index (χ1) is 6.83. The number of rotatable bonds is 3. The van der Waals surface area contributed by atoms with Gasteiger partial charge in [-0.15, -0.1) is 0 Å². The predicted molar refractivity (Wildman–Crippen MR) is 44.8 cm³/mol. The first-order valence-corrected chi connectivity index (χ1v) is 4.39. The van der Waals surface area contributed by atoms with Gasteiger partial charge in [-0.05, 0) is 20.9 Å². The third-order valence-corrected chi connectivity index (χ3v) is 2.30. The van der Waals surface area contributed by atoms with Crippen molar-refractivity contribution in [1.82, 2.24) is 4.90 Å². The van der Waals surface area contributed by atoms with Gasteiger partial charge in [-0.2, -0.15) is 26.3 Å². The summed E-state index contributed by atoms with van der Waals surface area (Å²) in [6, 6.07) is -0.545. The summed E-state index contributed by atoms with van der Waals surface area (Å²) in [5, 5.41) is 8.81. The molecule has 0 rings (SSSR count). The molecule has 0 fully saturated rings. The van der Waals surface area contributed by atoms with Gasteiger partial charge < -0.3 is 10.0 Å². The molecule has 0 aliphatic carbocycles. The number of likely N-dealkylation sites (N-methyl/N-ethyl adjacent to an activating group) is 1. The molecule has 0 saturated heterocycles. The van der Waals surface area contributed by atoms with E-state index in [1.807, 2.05) is 0 Å². The Morgan fingerprint density at radius 3 is 1.47 bits per heavy atom. The van der Waals surface area contributed by atoms with Crippen LogP contribution >= 0.6 is 0 Å². The summed E-state index contributed by atoms with van der Waals surface area (Å²) < 4.78 is 73.4. The van der Waals surface area contributed by atoms with Crippen LogP contribution in [-0.4, -0.2) is 47.6 Å². The molecule has 17 heavy (non-hydrogen) atoms. The first kappa shape index (κ1) is 19.3. The van der Waals surface area contributed by atoms with Crippen LogP contribution in [0.15, 0.2) is 0 Å². The molecule has 1 N–H and O–H groups in total. The van der Waals surface area contributed by atoms with E-state index < -0.39 is 30.5 Å². The van der Waals surface area contributed by atoms with Crippen LogP contribution in [0, 0.1) is 0 Å². The van der Waals surface area contributed by atoms with Crippen molar-refractivity contribution in [3.05, 3.63) is 0 Å². The second-order valence-corrected chi connectivity index (χ2v) is 3.86. The second kappa shape index (κ2) is 5.76. The van der Waals surface area contributed by atoms with E-state index in [2.05, 4.69) is 0 Å². The molecular weight excluding hydrogens is 299 g/mol. The SMILES string of the molecule is CC(C)N(C)CC(O)(C(F)(F)F)C(F)(F)F.[Ni]. The van der Waals surface area contributed by atoms with Gasteiger partial charge in [0.25, 0.3) is 5.60 Å². The van der Waals surface area contributed by atoms with E-state index in [1.165, 1.54) is 13.8 Å². The van der Waals surface area contributed by atoms with E-state index >= 15 is 0 Å². The number of hydrogen-bond acceptors (Lipinski definition) is 2. The van der Waals surface area contributed by atoms with Crippen LogP contribution in [-0.2, 0) is 16.5 Å². The third kappa shape index (κ3) is 4.30. The Morgan fingerprint density at radius 2 is 1.29 bits per heavy atom. The molecule has 0 heterocycles. The van der Waals surface area contributed by atoms with E-state index in [9.17, 15) is 26.3 Å². The Kier molecular flexibility index (Phi) is 6.55. The van der Waals surface area contributed by atoms with Gasteiger partial charge in [-0.3, -0.25) is 0 Å². The number of hydrogen-bond donors (Lipinski definition) is 1. The normalized spacial score (nSPS) is 14.1. The number of aliphatic hydroxyl groups is 1. The molecule has 0 atom stereocenters. The summed E-state index contributed by atoms with van der Waals surface area (Å²) >= 11 is 0. The van der Waals surface area contributed by atoms with E-state index in [-0.39, 0.29) is 16.5 Å². The van der Waals surface area contributed by atoms with Gasteiger partial charge in [0.1, 0.15) is 0 Å². The predicted octanol–water partition coefficient (Wildman–Crippen LogP) is 2.18. The Hall–Kier alpha value is -0.00649. The summed E-state index contributed by atoms with van der Waals surface area (Å²) in [5.41, 5.74) is -4.70. The van der Waals surface area contributed by atoms with Gasteiger partial charge in [0.15, 0.2) is 0 Å². The van der Waals surface area contributed by atoms with Gasteiger partial charge in [0, 0.05) is 29.1 Å². The molecule has 0 aliphatic heterocycles. The zero-order chi connectivity index (χ0) is 13.4.